The number of nitrogen functional groups attached to an aromatic ring is 1. The van der Waals surface area contributed by atoms with Crippen LogP contribution < -0.4 is 11.2 Å². The van der Waals surface area contributed by atoms with E-state index in [1.54, 1.807) is 0 Å². The second kappa shape index (κ2) is 4.69. The molecular weight excluding hydrogens is 246 g/mol. The minimum atomic E-state index is 0.0446. The number of aromatic nitrogens is 2. The summed E-state index contributed by atoms with van der Waals surface area (Å²) in [5.41, 5.74) is 10.4. The van der Waals surface area contributed by atoms with Gasteiger partial charge in [-0.05, 0) is 34.3 Å². The summed E-state index contributed by atoms with van der Waals surface area (Å²) in [5.74, 6) is 0.271. The van der Waals surface area contributed by atoms with E-state index in [4.69, 9.17) is 10.9 Å². The van der Waals surface area contributed by atoms with Crippen LogP contribution >= 0.6 is 0 Å². The lowest BCUT2D eigenvalue weighted by atomic mass is 10.1. The van der Waals surface area contributed by atoms with E-state index in [-0.39, 0.29) is 23.4 Å². The maximum atomic E-state index is 9.15. The molecule has 7 heteroatoms. The Kier molecular flexibility index (Phi) is 2.88. The second-order valence-corrected chi connectivity index (χ2v) is 4.42. The van der Waals surface area contributed by atoms with Crippen LogP contribution in [0, 0.1) is 0 Å². The first kappa shape index (κ1) is 11.7. The molecule has 0 unspecified atom stereocenters. The third-order valence-corrected chi connectivity index (χ3v) is 3.19. The van der Waals surface area contributed by atoms with Crippen LogP contribution in [0.4, 0.5) is 5.82 Å². The van der Waals surface area contributed by atoms with Crippen LogP contribution in [-0.2, 0) is 12.8 Å². The van der Waals surface area contributed by atoms with Crippen molar-refractivity contribution in [2.24, 2.45) is 4.99 Å². The first-order chi connectivity index (χ1) is 9.28. The molecule has 0 atom stereocenters. The van der Waals surface area contributed by atoms with Crippen molar-refractivity contribution in [1.29, 1.82) is 0 Å². The number of anilines is 1. The summed E-state index contributed by atoms with van der Waals surface area (Å²) in [4.78, 5) is 4.43. The smallest absolute Gasteiger partial charge is 0.199 e. The van der Waals surface area contributed by atoms with Crippen LogP contribution in [0.5, 0.6) is 0 Å². The maximum absolute atomic E-state index is 9.15. The van der Waals surface area contributed by atoms with E-state index < -0.39 is 0 Å². The van der Waals surface area contributed by atoms with E-state index in [2.05, 4.69) is 32.1 Å². The topological polar surface area (TPSA) is 110 Å². The van der Waals surface area contributed by atoms with Crippen LogP contribution in [0.3, 0.4) is 0 Å². The molecule has 19 heavy (non-hydrogen) atoms. The molecule has 1 aromatic carbocycles. The van der Waals surface area contributed by atoms with Crippen LogP contribution in [0.15, 0.2) is 33.9 Å². The molecular formula is C12H13N5O2. The van der Waals surface area contributed by atoms with Crippen molar-refractivity contribution in [2.75, 3.05) is 5.73 Å². The minimum Gasteiger partial charge on any atom is -0.379 e. The Morgan fingerprint density at radius 2 is 2.00 bits per heavy atom. The average molecular weight is 259 g/mol. The number of nitrogens with zero attached hydrogens (tertiary/aromatic N) is 3. The van der Waals surface area contributed by atoms with Crippen molar-refractivity contribution >= 4 is 11.7 Å². The van der Waals surface area contributed by atoms with Gasteiger partial charge in [0.15, 0.2) is 17.3 Å². The van der Waals surface area contributed by atoms with E-state index in [1.807, 2.05) is 17.6 Å². The Bertz CT molecular complexity index is 597. The molecule has 98 valence electrons. The van der Waals surface area contributed by atoms with Gasteiger partial charge in [-0.1, -0.05) is 24.3 Å². The van der Waals surface area contributed by atoms with Crippen molar-refractivity contribution in [3.63, 3.8) is 0 Å². The van der Waals surface area contributed by atoms with Gasteiger partial charge >= 0.3 is 0 Å². The van der Waals surface area contributed by atoms with Crippen LogP contribution in [0.25, 0.3) is 0 Å². The first-order valence-corrected chi connectivity index (χ1v) is 5.91. The van der Waals surface area contributed by atoms with Gasteiger partial charge in [0.1, 0.15) is 0 Å². The predicted molar refractivity (Wildman–Crippen MR) is 67.8 cm³/mol. The molecule has 0 amide bonds. The Balaban J connectivity index is 1.85. The lowest BCUT2D eigenvalue weighted by Gasteiger charge is -2.06. The summed E-state index contributed by atoms with van der Waals surface area (Å²) >= 11 is 0. The monoisotopic (exact) mass is 259 g/mol. The summed E-state index contributed by atoms with van der Waals surface area (Å²) in [5, 5.41) is 16.2. The Hall–Kier alpha value is -2.41. The fourth-order valence-corrected chi connectivity index (χ4v) is 2.31. The molecule has 0 bridgehead atoms. The highest BCUT2D eigenvalue weighted by atomic mass is 16.6. The summed E-state index contributed by atoms with van der Waals surface area (Å²) in [7, 11) is 0. The number of rotatable bonds is 2. The molecule has 1 aliphatic rings. The van der Waals surface area contributed by atoms with Crippen molar-refractivity contribution in [3.05, 3.63) is 41.1 Å². The fraction of sp³-hybridized carbons (Fsp3) is 0.250. The van der Waals surface area contributed by atoms with Gasteiger partial charge in [0.25, 0.3) is 0 Å². The third kappa shape index (κ3) is 2.15. The Labute approximate surface area is 109 Å². The van der Waals surface area contributed by atoms with Gasteiger partial charge in [-0.15, -0.1) is 0 Å². The predicted octanol–water partition coefficient (Wildman–Crippen LogP) is 0.545. The summed E-state index contributed by atoms with van der Waals surface area (Å²) < 4.78 is 4.50. The molecule has 2 aromatic rings. The quantitative estimate of drug-likeness (QED) is 0.412. The summed E-state index contributed by atoms with van der Waals surface area (Å²) in [6.45, 7) is 0. The average Bonchev–Trinajstić information content (AvgIpc) is 3.01. The van der Waals surface area contributed by atoms with Gasteiger partial charge in [0.2, 0.25) is 0 Å². The molecule has 0 saturated carbocycles. The number of nitrogens with one attached hydrogen (secondary N) is 1. The number of nitrogens with two attached hydrogens (primary N) is 1. The lowest BCUT2D eigenvalue weighted by molar-refractivity contribution is 0.233. The normalized spacial score (nSPS) is 15.5. The Morgan fingerprint density at radius 3 is 2.53 bits per heavy atom. The van der Waals surface area contributed by atoms with E-state index in [0.29, 0.717) is 0 Å². The van der Waals surface area contributed by atoms with Gasteiger partial charge in [0, 0.05) is 0 Å². The van der Waals surface area contributed by atoms with Gasteiger partial charge in [-0.3, -0.25) is 15.7 Å². The summed E-state index contributed by atoms with van der Waals surface area (Å²) in [6, 6.07) is 8.24. The molecule has 0 saturated heterocycles. The molecule has 4 N–H and O–H groups in total. The number of fused-ring (bicyclic) bond motifs is 1. The maximum Gasteiger partial charge on any atom is 0.199 e. The van der Waals surface area contributed by atoms with E-state index >= 15 is 0 Å². The van der Waals surface area contributed by atoms with E-state index in [1.165, 1.54) is 11.1 Å². The molecule has 0 aliphatic heterocycles. The minimum absolute atomic E-state index is 0.0446. The molecule has 7 nitrogen and oxygen atoms in total. The highest BCUT2D eigenvalue weighted by Crippen LogP contribution is 2.24. The summed E-state index contributed by atoms with van der Waals surface area (Å²) in [6.07, 6.45) is 1.65. The molecule has 1 aromatic heterocycles. The zero-order valence-corrected chi connectivity index (χ0v) is 10.1. The molecule has 0 fully saturated rings. The SMILES string of the molecule is Nc1nonc1C(=NC1Cc2ccccc2C1)NO. The van der Waals surface area contributed by atoms with Crippen LogP contribution in [-0.4, -0.2) is 27.4 Å². The van der Waals surface area contributed by atoms with Gasteiger partial charge in [0.05, 0.1) is 6.04 Å². The van der Waals surface area contributed by atoms with E-state index in [0.717, 1.165) is 12.8 Å². The van der Waals surface area contributed by atoms with Crippen LogP contribution in [0.2, 0.25) is 0 Å². The highest BCUT2D eigenvalue weighted by molar-refractivity contribution is 5.99. The van der Waals surface area contributed by atoms with Crippen molar-refractivity contribution in [3.8, 4) is 0 Å². The van der Waals surface area contributed by atoms with Gasteiger partial charge < -0.3 is 5.73 Å². The van der Waals surface area contributed by atoms with Crippen molar-refractivity contribution < 1.29 is 9.84 Å². The number of hydrogen-bond donors (Lipinski definition) is 3. The number of benzene rings is 1. The van der Waals surface area contributed by atoms with Crippen LogP contribution in [0.1, 0.15) is 16.8 Å². The molecule has 0 radical (unpaired) electrons. The number of aliphatic imine (C=N–C) groups is 1. The molecule has 0 spiro atoms. The van der Waals surface area contributed by atoms with Gasteiger partial charge in [-0.2, -0.15) is 0 Å². The molecule has 3 rings (SSSR count). The second-order valence-electron chi connectivity index (χ2n) is 4.42. The zero-order chi connectivity index (χ0) is 13.2. The number of amidine groups is 1. The fourth-order valence-electron chi connectivity index (χ4n) is 2.31. The molecule has 1 heterocycles. The molecule has 1 aliphatic carbocycles. The zero-order valence-electron chi connectivity index (χ0n) is 10.1. The van der Waals surface area contributed by atoms with Crippen molar-refractivity contribution in [1.82, 2.24) is 15.8 Å². The third-order valence-electron chi connectivity index (χ3n) is 3.19. The highest BCUT2D eigenvalue weighted by Gasteiger charge is 2.22. The lowest BCUT2D eigenvalue weighted by Crippen LogP contribution is -2.24. The first-order valence-electron chi connectivity index (χ1n) is 5.91. The van der Waals surface area contributed by atoms with Crippen molar-refractivity contribution in [2.45, 2.75) is 18.9 Å². The standard InChI is InChI=1S/C12H13N5O2/c13-11-10(16-19-17-11)12(15-18)14-9-5-7-3-1-2-4-8(7)6-9/h1-4,9,18H,5-6H2,(H2,13,17)(H,14,15). The Morgan fingerprint density at radius 1 is 1.32 bits per heavy atom. The van der Waals surface area contributed by atoms with E-state index in [9.17, 15) is 0 Å². The number of hydroxylamine groups is 1. The number of hydrogen-bond acceptors (Lipinski definition) is 6. The largest absolute Gasteiger partial charge is 0.379 e. The van der Waals surface area contributed by atoms with Gasteiger partial charge in [-0.25, -0.2) is 4.63 Å².